The van der Waals surface area contributed by atoms with Gasteiger partial charge in [0.05, 0.1) is 0 Å². The molecule has 0 saturated heterocycles. The van der Waals surface area contributed by atoms with E-state index in [9.17, 15) is 9.59 Å². The Morgan fingerprint density at radius 2 is 2.00 bits per heavy atom. The second kappa shape index (κ2) is 5.37. The number of carbonyl (C=O) groups excluding carboxylic acids is 1. The summed E-state index contributed by atoms with van der Waals surface area (Å²) in [4.78, 5) is 25.7. The Balaban J connectivity index is 2.04. The molecular weight excluding hydrogens is 290 g/mol. The summed E-state index contributed by atoms with van der Waals surface area (Å²) in [6, 6.07) is 3.62. The molecule has 2 aromatic rings. The molecule has 0 unspecified atom stereocenters. The molecule has 0 spiro atoms. The first kappa shape index (κ1) is 14.2. The molecule has 4 nitrogen and oxygen atoms in total. The number of benzene rings is 1. The van der Waals surface area contributed by atoms with E-state index in [4.69, 9.17) is 4.42 Å². The average Bonchev–Trinajstić information content (AvgIpc) is 2.54. The molecule has 0 amide bonds. The number of aryl methyl sites for hydroxylation is 2. The van der Waals surface area contributed by atoms with Crippen LogP contribution in [0.5, 0.6) is 0 Å². The van der Waals surface area contributed by atoms with E-state index in [1.54, 1.807) is 6.08 Å². The SMILES string of the molecule is CC(=O)C=Cc1cc(=O)oc2c3c4c(cc12)CCCN4CCC3. The molecule has 0 aliphatic carbocycles. The second-order valence-electron chi connectivity index (χ2n) is 6.40. The van der Waals surface area contributed by atoms with Crippen LogP contribution >= 0.6 is 0 Å². The van der Waals surface area contributed by atoms with Gasteiger partial charge in [0.25, 0.3) is 0 Å². The Labute approximate surface area is 134 Å². The van der Waals surface area contributed by atoms with Crippen LogP contribution in [-0.2, 0) is 17.6 Å². The van der Waals surface area contributed by atoms with Crippen molar-refractivity contribution in [3.8, 4) is 0 Å². The number of carbonyl (C=O) groups is 1. The van der Waals surface area contributed by atoms with E-state index in [0.717, 1.165) is 49.7 Å². The average molecular weight is 309 g/mol. The quantitative estimate of drug-likeness (QED) is 0.632. The van der Waals surface area contributed by atoms with Gasteiger partial charge in [-0.2, -0.15) is 0 Å². The van der Waals surface area contributed by atoms with Crippen molar-refractivity contribution in [2.75, 3.05) is 18.0 Å². The molecule has 3 heterocycles. The minimum Gasteiger partial charge on any atom is -0.422 e. The number of rotatable bonds is 2. The van der Waals surface area contributed by atoms with Crippen molar-refractivity contribution in [3.05, 3.63) is 45.3 Å². The van der Waals surface area contributed by atoms with Gasteiger partial charge in [-0.25, -0.2) is 4.79 Å². The highest BCUT2D eigenvalue weighted by Gasteiger charge is 2.27. The Morgan fingerprint density at radius 1 is 1.22 bits per heavy atom. The van der Waals surface area contributed by atoms with E-state index >= 15 is 0 Å². The predicted octanol–water partition coefficient (Wildman–Crippen LogP) is 3.09. The van der Waals surface area contributed by atoms with Crippen LogP contribution in [0.25, 0.3) is 17.0 Å². The molecule has 0 saturated carbocycles. The van der Waals surface area contributed by atoms with E-state index in [-0.39, 0.29) is 11.4 Å². The fourth-order valence-electron chi connectivity index (χ4n) is 3.84. The molecule has 1 aromatic carbocycles. The van der Waals surface area contributed by atoms with Crippen LogP contribution in [-0.4, -0.2) is 18.9 Å². The fourth-order valence-corrected chi connectivity index (χ4v) is 3.84. The molecule has 4 heteroatoms. The van der Waals surface area contributed by atoms with E-state index in [2.05, 4.69) is 11.0 Å². The van der Waals surface area contributed by atoms with E-state index in [1.807, 2.05) is 0 Å². The lowest BCUT2D eigenvalue weighted by Crippen LogP contribution is -2.34. The smallest absolute Gasteiger partial charge is 0.336 e. The molecule has 118 valence electrons. The van der Waals surface area contributed by atoms with Crippen molar-refractivity contribution >= 4 is 28.5 Å². The van der Waals surface area contributed by atoms with Gasteiger partial charge >= 0.3 is 5.63 Å². The molecule has 0 atom stereocenters. The summed E-state index contributed by atoms with van der Waals surface area (Å²) in [5, 5.41) is 0.944. The van der Waals surface area contributed by atoms with Gasteiger partial charge < -0.3 is 9.32 Å². The van der Waals surface area contributed by atoms with Crippen molar-refractivity contribution in [1.29, 1.82) is 0 Å². The zero-order valence-electron chi connectivity index (χ0n) is 13.2. The summed E-state index contributed by atoms with van der Waals surface area (Å²) in [6.45, 7) is 3.67. The van der Waals surface area contributed by atoms with E-state index < -0.39 is 0 Å². The van der Waals surface area contributed by atoms with Gasteiger partial charge in [0.15, 0.2) is 5.78 Å². The van der Waals surface area contributed by atoms with Crippen LogP contribution < -0.4 is 10.5 Å². The summed E-state index contributed by atoms with van der Waals surface area (Å²) in [7, 11) is 0. The van der Waals surface area contributed by atoms with E-state index in [1.165, 1.54) is 35.9 Å². The Morgan fingerprint density at radius 3 is 2.78 bits per heavy atom. The van der Waals surface area contributed by atoms with Crippen LogP contribution in [0.1, 0.15) is 36.5 Å². The van der Waals surface area contributed by atoms with Gasteiger partial charge in [0, 0.05) is 35.8 Å². The maximum absolute atomic E-state index is 12.0. The first-order chi connectivity index (χ1) is 11.1. The van der Waals surface area contributed by atoms with E-state index in [0.29, 0.717) is 5.58 Å². The zero-order valence-corrected chi connectivity index (χ0v) is 13.2. The van der Waals surface area contributed by atoms with Crippen molar-refractivity contribution < 1.29 is 9.21 Å². The van der Waals surface area contributed by atoms with Crippen LogP contribution in [0.4, 0.5) is 5.69 Å². The Bertz CT molecular complexity index is 890. The molecule has 1 aromatic heterocycles. The van der Waals surface area contributed by atoms with Crippen LogP contribution in [0.3, 0.4) is 0 Å². The van der Waals surface area contributed by atoms with Gasteiger partial charge in [-0.3, -0.25) is 4.79 Å². The number of allylic oxidation sites excluding steroid dienone is 1. The largest absolute Gasteiger partial charge is 0.422 e. The first-order valence-electron chi connectivity index (χ1n) is 8.20. The van der Waals surface area contributed by atoms with Crippen LogP contribution in [0.15, 0.2) is 27.4 Å². The molecule has 4 rings (SSSR count). The number of hydrogen-bond acceptors (Lipinski definition) is 4. The minimum absolute atomic E-state index is 0.0307. The third kappa shape index (κ3) is 2.38. The Hall–Kier alpha value is -2.36. The summed E-state index contributed by atoms with van der Waals surface area (Å²) in [5.74, 6) is -0.0307. The van der Waals surface area contributed by atoms with Crippen LogP contribution in [0.2, 0.25) is 0 Å². The third-order valence-electron chi connectivity index (χ3n) is 4.76. The van der Waals surface area contributed by atoms with Crippen molar-refractivity contribution in [2.24, 2.45) is 0 Å². The summed E-state index contributed by atoms with van der Waals surface area (Å²) in [6.07, 6.45) is 7.48. The molecule has 0 bridgehead atoms. The van der Waals surface area contributed by atoms with Gasteiger partial charge in [-0.1, -0.05) is 6.08 Å². The predicted molar refractivity (Wildman–Crippen MR) is 91.1 cm³/mol. The molecule has 23 heavy (non-hydrogen) atoms. The highest BCUT2D eigenvalue weighted by Crippen LogP contribution is 2.40. The first-order valence-corrected chi connectivity index (χ1v) is 8.20. The highest BCUT2D eigenvalue weighted by molar-refractivity contribution is 5.97. The number of hydrogen-bond donors (Lipinski definition) is 0. The monoisotopic (exact) mass is 309 g/mol. The van der Waals surface area contributed by atoms with Gasteiger partial charge in [-0.05, 0) is 55.9 Å². The molecule has 0 fully saturated rings. The number of nitrogens with zero attached hydrogens (tertiary/aromatic N) is 1. The lowest BCUT2D eigenvalue weighted by molar-refractivity contribution is -0.112. The maximum Gasteiger partial charge on any atom is 0.336 e. The minimum atomic E-state index is -0.357. The van der Waals surface area contributed by atoms with Gasteiger partial charge in [0.1, 0.15) is 5.58 Å². The normalized spacial score (nSPS) is 16.8. The lowest BCUT2D eigenvalue weighted by Gasteiger charge is -2.37. The molecular formula is C19H19NO3. The van der Waals surface area contributed by atoms with Crippen molar-refractivity contribution in [1.82, 2.24) is 0 Å². The zero-order chi connectivity index (χ0) is 16.0. The van der Waals surface area contributed by atoms with Crippen molar-refractivity contribution in [2.45, 2.75) is 32.6 Å². The summed E-state index contributed by atoms with van der Waals surface area (Å²) < 4.78 is 5.58. The Kier molecular flexibility index (Phi) is 3.33. The number of anilines is 1. The van der Waals surface area contributed by atoms with Gasteiger partial charge in [-0.15, -0.1) is 0 Å². The van der Waals surface area contributed by atoms with Crippen LogP contribution in [0, 0.1) is 0 Å². The standard InChI is InChI=1S/C19H19NO3/c1-12(21)6-7-13-11-17(22)23-19-15-5-3-9-20-8-2-4-14(18(15)20)10-16(13)19/h6-7,10-11H,2-5,8-9H2,1H3. The topological polar surface area (TPSA) is 50.5 Å². The second-order valence-corrected chi connectivity index (χ2v) is 6.40. The summed E-state index contributed by atoms with van der Waals surface area (Å²) in [5.41, 5.74) is 4.90. The van der Waals surface area contributed by atoms with Gasteiger partial charge in [0.2, 0.25) is 0 Å². The maximum atomic E-state index is 12.0. The number of ketones is 1. The molecule has 0 radical (unpaired) electrons. The fraction of sp³-hybridized carbons (Fsp3) is 0.368. The molecule has 2 aliphatic rings. The lowest BCUT2D eigenvalue weighted by atomic mass is 9.89. The number of fused-ring (bicyclic) bond motifs is 2. The molecule has 0 N–H and O–H groups in total. The third-order valence-corrected chi connectivity index (χ3v) is 4.76. The summed E-state index contributed by atoms with van der Waals surface area (Å²) >= 11 is 0. The highest BCUT2D eigenvalue weighted by atomic mass is 16.4. The molecule has 2 aliphatic heterocycles. The van der Waals surface area contributed by atoms with Crippen molar-refractivity contribution in [3.63, 3.8) is 0 Å².